The van der Waals surface area contributed by atoms with Crippen LogP contribution in [0.4, 0.5) is 0 Å². The number of hydrogen-bond donors (Lipinski definition) is 1. The van der Waals surface area contributed by atoms with Gasteiger partial charge < -0.3 is 4.98 Å². The molecule has 1 aliphatic heterocycles. The SMILES string of the molecule is Cc1cccc2c1[nH]c(=O)n2C1CCCCS1. The van der Waals surface area contributed by atoms with E-state index in [-0.39, 0.29) is 5.69 Å². The summed E-state index contributed by atoms with van der Waals surface area (Å²) in [5.74, 6) is 1.16. The monoisotopic (exact) mass is 248 g/mol. The molecule has 0 aliphatic carbocycles. The number of nitrogens with zero attached hydrogens (tertiary/aromatic N) is 1. The van der Waals surface area contributed by atoms with Crippen molar-refractivity contribution in [3.05, 3.63) is 34.2 Å². The van der Waals surface area contributed by atoms with E-state index in [9.17, 15) is 4.79 Å². The highest BCUT2D eigenvalue weighted by Gasteiger charge is 2.20. The zero-order valence-corrected chi connectivity index (χ0v) is 10.7. The first-order valence-corrected chi connectivity index (χ1v) is 7.13. The summed E-state index contributed by atoms with van der Waals surface area (Å²) in [5, 5.41) is 0.312. The number of aromatic amines is 1. The lowest BCUT2D eigenvalue weighted by Gasteiger charge is -2.22. The summed E-state index contributed by atoms with van der Waals surface area (Å²) >= 11 is 1.90. The van der Waals surface area contributed by atoms with Crippen LogP contribution in [0.3, 0.4) is 0 Å². The van der Waals surface area contributed by atoms with Gasteiger partial charge in [-0.15, -0.1) is 11.8 Å². The highest BCUT2D eigenvalue weighted by Crippen LogP contribution is 2.35. The Labute approximate surface area is 104 Å². The Bertz CT molecular complexity index is 593. The number of aromatic nitrogens is 2. The van der Waals surface area contributed by atoms with Gasteiger partial charge in [0.2, 0.25) is 0 Å². The normalized spacial score (nSPS) is 20.9. The Balaban J connectivity index is 2.18. The first-order valence-electron chi connectivity index (χ1n) is 6.09. The second kappa shape index (κ2) is 4.26. The molecule has 0 amide bonds. The van der Waals surface area contributed by atoms with Crippen molar-refractivity contribution in [1.82, 2.24) is 9.55 Å². The molecule has 0 saturated carbocycles. The molecule has 1 atom stereocenters. The molecule has 1 saturated heterocycles. The van der Waals surface area contributed by atoms with E-state index in [1.165, 1.54) is 12.8 Å². The van der Waals surface area contributed by atoms with E-state index in [2.05, 4.69) is 4.98 Å². The van der Waals surface area contributed by atoms with Crippen LogP contribution in [0.15, 0.2) is 23.0 Å². The molecule has 1 aromatic carbocycles. The zero-order valence-electron chi connectivity index (χ0n) is 9.90. The molecule has 1 unspecified atom stereocenters. The number of fused-ring (bicyclic) bond motifs is 1. The average molecular weight is 248 g/mol. The first-order chi connectivity index (χ1) is 8.27. The van der Waals surface area contributed by atoms with Gasteiger partial charge in [0.1, 0.15) is 0 Å². The van der Waals surface area contributed by atoms with Crippen LogP contribution >= 0.6 is 11.8 Å². The maximum atomic E-state index is 12.1. The summed E-state index contributed by atoms with van der Waals surface area (Å²) in [6.07, 6.45) is 3.60. The van der Waals surface area contributed by atoms with Crippen molar-refractivity contribution >= 4 is 22.8 Å². The number of imidazole rings is 1. The van der Waals surface area contributed by atoms with E-state index >= 15 is 0 Å². The highest BCUT2D eigenvalue weighted by molar-refractivity contribution is 7.99. The summed E-state index contributed by atoms with van der Waals surface area (Å²) < 4.78 is 1.94. The van der Waals surface area contributed by atoms with Crippen LogP contribution in [0.25, 0.3) is 11.0 Å². The number of thioether (sulfide) groups is 1. The molecule has 0 spiro atoms. The molecule has 1 aliphatic rings. The number of para-hydroxylation sites is 1. The van der Waals surface area contributed by atoms with Crippen molar-refractivity contribution in [2.75, 3.05) is 5.75 Å². The molecular weight excluding hydrogens is 232 g/mol. The molecule has 3 rings (SSSR count). The van der Waals surface area contributed by atoms with Crippen molar-refractivity contribution in [2.45, 2.75) is 31.6 Å². The molecule has 1 aromatic heterocycles. The lowest BCUT2D eigenvalue weighted by Crippen LogP contribution is -2.22. The smallest absolute Gasteiger partial charge is 0.305 e. The molecular formula is C13H16N2OS. The first kappa shape index (κ1) is 11.0. The van der Waals surface area contributed by atoms with Crippen molar-refractivity contribution in [2.24, 2.45) is 0 Å². The van der Waals surface area contributed by atoms with Crippen LogP contribution in [-0.4, -0.2) is 15.3 Å². The molecule has 1 fully saturated rings. The van der Waals surface area contributed by atoms with Gasteiger partial charge in [-0.2, -0.15) is 0 Å². The molecule has 90 valence electrons. The van der Waals surface area contributed by atoms with Gasteiger partial charge in [0.15, 0.2) is 0 Å². The number of H-pyrrole nitrogens is 1. The topological polar surface area (TPSA) is 37.8 Å². The summed E-state index contributed by atoms with van der Waals surface area (Å²) in [5.41, 5.74) is 3.21. The molecule has 17 heavy (non-hydrogen) atoms. The quantitative estimate of drug-likeness (QED) is 0.842. The average Bonchev–Trinajstić information content (AvgIpc) is 2.68. The van der Waals surface area contributed by atoms with Crippen molar-refractivity contribution < 1.29 is 0 Å². The fourth-order valence-electron chi connectivity index (χ4n) is 2.51. The fourth-order valence-corrected chi connectivity index (χ4v) is 3.84. The zero-order chi connectivity index (χ0) is 11.8. The number of benzene rings is 1. The molecule has 2 heterocycles. The minimum atomic E-state index is 0.0358. The number of nitrogens with one attached hydrogen (secondary N) is 1. The second-order valence-electron chi connectivity index (χ2n) is 4.59. The number of rotatable bonds is 1. The van der Waals surface area contributed by atoms with Crippen LogP contribution in [0.5, 0.6) is 0 Å². The third kappa shape index (κ3) is 1.80. The second-order valence-corrected chi connectivity index (χ2v) is 5.88. The van der Waals surface area contributed by atoms with Crippen LogP contribution in [0.2, 0.25) is 0 Å². The maximum Gasteiger partial charge on any atom is 0.327 e. The Morgan fingerprint density at radius 2 is 2.29 bits per heavy atom. The van der Waals surface area contributed by atoms with E-state index in [1.54, 1.807) is 0 Å². The van der Waals surface area contributed by atoms with Gasteiger partial charge in [0.25, 0.3) is 0 Å². The minimum Gasteiger partial charge on any atom is -0.305 e. The molecule has 2 aromatic rings. The third-order valence-electron chi connectivity index (χ3n) is 3.40. The summed E-state index contributed by atoms with van der Waals surface area (Å²) in [7, 11) is 0. The van der Waals surface area contributed by atoms with Crippen LogP contribution < -0.4 is 5.69 Å². The highest BCUT2D eigenvalue weighted by atomic mass is 32.2. The Morgan fingerprint density at radius 3 is 3.06 bits per heavy atom. The van der Waals surface area contributed by atoms with E-state index in [0.717, 1.165) is 28.8 Å². The van der Waals surface area contributed by atoms with Crippen LogP contribution in [0, 0.1) is 6.92 Å². The van der Waals surface area contributed by atoms with E-state index in [1.807, 2.05) is 41.5 Å². The summed E-state index contributed by atoms with van der Waals surface area (Å²) in [6, 6.07) is 6.10. The number of aryl methyl sites for hydroxylation is 1. The largest absolute Gasteiger partial charge is 0.327 e. The van der Waals surface area contributed by atoms with Gasteiger partial charge in [0.05, 0.1) is 16.4 Å². The van der Waals surface area contributed by atoms with Crippen molar-refractivity contribution in [3.8, 4) is 0 Å². The van der Waals surface area contributed by atoms with Gasteiger partial charge >= 0.3 is 5.69 Å². The molecule has 4 heteroatoms. The van der Waals surface area contributed by atoms with Crippen molar-refractivity contribution in [1.29, 1.82) is 0 Å². The molecule has 0 bridgehead atoms. The standard InChI is InChI=1S/C13H16N2OS/c1-9-5-4-6-10-12(9)14-13(16)15(10)11-7-2-3-8-17-11/h4-6,11H,2-3,7-8H2,1H3,(H,14,16). The van der Waals surface area contributed by atoms with Gasteiger partial charge in [-0.25, -0.2) is 4.79 Å². The Morgan fingerprint density at radius 1 is 1.41 bits per heavy atom. The Kier molecular flexibility index (Phi) is 2.74. The fraction of sp³-hybridized carbons (Fsp3) is 0.462. The van der Waals surface area contributed by atoms with E-state index in [4.69, 9.17) is 0 Å². The van der Waals surface area contributed by atoms with Crippen molar-refractivity contribution in [3.63, 3.8) is 0 Å². The lowest BCUT2D eigenvalue weighted by atomic mass is 10.2. The van der Waals surface area contributed by atoms with Gasteiger partial charge in [-0.3, -0.25) is 4.57 Å². The van der Waals surface area contributed by atoms with Gasteiger partial charge in [-0.1, -0.05) is 12.1 Å². The van der Waals surface area contributed by atoms with Crippen LogP contribution in [-0.2, 0) is 0 Å². The minimum absolute atomic E-state index is 0.0358. The predicted molar refractivity (Wildman–Crippen MR) is 72.6 cm³/mol. The van der Waals surface area contributed by atoms with E-state index in [0.29, 0.717) is 5.37 Å². The molecule has 3 nitrogen and oxygen atoms in total. The number of hydrogen-bond acceptors (Lipinski definition) is 2. The Hall–Kier alpha value is -1.16. The lowest BCUT2D eigenvalue weighted by molar-refractivity contribution is 0.568. The van der Waals surface area contributed by atoms with Crippen LogP contribution in [0.1, 0.15) is 30.2 Å². The predicted octanol–water partition coefficient (Wildman–Crippen LogP) is 3.05. The maximum absolute atomic E-state index is 12.1. The molecule has 1 N–H and O–H groups in total. The molecule has 0 radical (unpaired) electrons. The van der Waals surface area contributed by atoms with Gasteiger partial charge in [-0.05, 0) is 43.6 Å². The summed E-state index contributed by atoms with van der Waals surface area (Å²) in [4.78, 5) is 15.1. The third-order valence-corrected chi connectivity index (χ3v) is 4.76. The van der Waals surface area contributed by atoms with E-state index < -0.39 is 0 Å². The summed E-state index contributed by atoms with van der Waals surface area (Å²) in [6.45, 7) is 2.04. The van der Waals surface area contributed by atoms with Gasteiger partial charge in [0, 0.05) is 0 Å².